The number of hydrazone groups is 1. The summed E-state index contributed by atoms with van der Waals surface area (Å²) in [6.07, 6.45) is 3.20. The molecule has 0 saturated carbocycles. The second-order valence-corrected chi connectivity index (χ2v) is 10.2. The number of rotatable bonds is 8. The van der Waals surface area contributed by atoms with Crippen LogP contribution in [0.25, 0.3) is 22.3 Å². The number of ether oxygens (including phenoxy) is 1. The second-order valence-electron chi connectivity index (χ2n) is 10.2. The average Bonchev–Trinajstić information content (AvgIpc) is 3.30. The summed E-state index contributed by atoms with van der Waals surface area (Å²) in [6, 6.07) is 17.0. The molecule has 204 valence electrons. The van der Waals surface area contributed by atoms with Crippen LogP contribution in [-0.2, 0) is 17.7 Å². The van der Waals surface area contributed by atoms with Crippen LogP contribution in [0.4, 0.5) is 5.69 Å². The first kappa shape index (κ1) is 26.6. The van der Waals surface area contributed by atoms with Crippen molar-refractivity contribution in [3.63, 3.8) is 0 Å². The number of pyridine rings is 1. The van der Waals surface area contributed by atoms with Crippen LogP contribution >= 0.6 is 0 Å². The summed E-state index contributed by atoms with van der Waals surface area (Å²) in [5.74, 6) is 6.83. The average molecular weight is 527 g/mol. The molecule has 39 heavy (non-hydrogen) atoms. The van der Waals surface area contributed by atoms with E-state index < -0.39 is 0 Å². The van der Waals surface area contributed by atoms with Crippen molar-refractivity contribution < 1.29 is 4.74 Å². The first-order chi connectivity index (χ1) is 18.9. The van der Waals surface area contributed by atoms with E-state index in [1.165, 1.54) is 5.56 Å². The molecule has 2 aromatic carbocycles. The maximum absolute atomic E-state index is 6.30. The molecule has 9 nitrogen and oxygen atoms in total. The molecule has 0 radical (unpaired) electrons. The molecule has 9 heteroatoms. The van der Waals surface area contributed by atoms with Crippen LogP contribution in [0.2, 0.25) is 0 Å². The van der Waals surface area contributed by atoms with Crippen LogP contribution in [0.15, 0.2) is 53.6 Å². The summed E-state index contributed by atoms with van der Waals surface area (Å²) in [6.45, 7) is 8.88. The quantitative estimate of drug-likeness (QED) is 0.137. The van der Waals surface area contributed by atoms with E-state index in [9.17, 15) is 0 Å². The number of benzene rings is 2. The van der Waals surface area contributed by atoms with E-state index in [-0.39, 0.29) is 0 Å². The molecular formula is C30H38N8O. The number of aromatic nitrogens is 3. The number of nitrogens with zero attached hydrogens (tertiary/aromatic N) is 5. The van der Waals surface area contributed by atoms with Crippen molar-refractivity contribution in [1.82, 2.24) is 20.1 Å². The molecule has 5 N–H and O–H groups in total. The van der Waals surface area contributed by atoms with Gasteiger partial charge < -0.3 is 19.9 Å². The van der Waals surface area contributed by atoms with Gasteiger partial charge in [0.1, 0.15) is 11.3 Å². The van der Waals surface area contributed by atoms with E-state index in [2.05, 4.69) is 76.4 Å². The number of fused-ring (bicyclic) bond motifs is 1. The molecule has 1 fully saturated rings. The van der Waals surface area contributed by atoms with Crippen LogP contribution in [0.5, 0.6) is 0 Å². The molecule has 4 aromatic rings. The minimum atomic E-state index is 0.329. The van der Waals surface area contributed by atoms with Gasteiger partial charge in [-0.2, -0.15) is 0 Å². The molecule has 0 unspecified atom stereocenters. The van der Waals surface area contributed by atoms with Crippen molar-refractivity contribution in [2.24, 2.45) is 16.7 Å². The molecule has 2 aromatic heterocycles. The predicted octanol–water partition coefficient (Wildman–Crippen LogP) is 4.02. The minimum Gasteiger partial charge on any atom is -0.382 e. The Hall–Kier alpha value is -3.95. The lowest BCUT2D eigenvalue weighted by molar-refractivity contribution is 0.0819. The van der Waals surface area contributed by atoms with Gasteiger partial charge in [-0.1, -0.05) is 31.2 Å². The summed E-state index contributed by atoms with van der Waals surface area (Å²) in [7, 11) is 1.79. The Bertz CT molecular complexity index is 1480. The van der Waals surface area contributed by atoms with E-state index in [0.29, 0.717) is 18.5 Å². The highest BCUT2D eigenvalue weighted by molar-refractivity contribution is 6.04. The Morgan fingerprint density at radius 2 is 1.82 bits per heavy atom. The van der Waals surface area contributed by atoms with Gasteiger partial charge in [0, 0.05) is 43.6 Å². The molecular weight excluding hydrogens is 488 g/mol. The number of hydrazine groups is 1. The normalized spacial score (nSPS) is 14.8. The fraction of sp³-hybridized carbons (Fsp3) is 0.367. The van der Waals surface area contributed by atoms with E-state index >= 15 is 0 Å². The predicted molar refractivity (Wildman–Crippen MR) is 158 cm³/mol. The van der Waals surface area contributed by atoms with Gasteiger partial charge in [0.25, 0.3) is 0 Å². The molecule has 0 spiro atoms. The van der Waals surface area contributed by atoms with Gasteiger partial charge in [0.15, 0.2) is 11.5 Å². The number of hydrogen-bond acceptors (Lipinski definition) is 7. The number of methoxy groups -OCH3 is 1. The SMILES string of the molecule is CCc1nc2c(C)cc(C)nc2n1Cc1ccc(-c2cc(N3CCC(OC)CC3)ccc2/C(N)=N/NN)cc1. The molecule has 1 saturated heterocycles. The van der Waals surface area contributed by atoms with Gasteiger partial charge in [-0.15, -0.1) is 5.10 Å². The standard InChI is InChI=1S/C30H38N8O/c1-5-27-34-28-19(2)16-20(3)33-30(28)38(27)18-21-6-8-22(9-7-21)26-17-23(10-11-25(26)29(31)35-36-32)37-14-12-24(39-4)13-15-37/h6-11,16-17,24,36H,5,12-15,18,32H2,1-4H3,(H2,31,35). The highest BCUT2D eigenvalue weighted by Gasteiger charge is 2.21. The first-order valence-electron chi connectivity index (χ1n) is 13.5. The maximum atomic E-state index is 6.30. The lowest BCUT2D eigenvalue weighted by Gasteiger charge is -2.33. The number of aryl methyl sites for hydroxylation is 3. The summed E-state index contributed by atoms with van der Waals surface area (Å²) in [5, 5.41) is 4.05. The number of imidazole rings is 1. The molecule has 0 aliphatic carbocycles. The van der Waals surface area contributed by atoms with Crippen LogP contribution in [0.1, 0.15) is 48.0 Å². The van der Waals surface area contributed by atoms with Gasteiger partial charge in [0.05, 0.1) is 12.6 Å². The molecule has 5 rings (SSSR count). The van der Waals surface area contributed by atoms with Crippen LogP contribution in [0.3, 0.4) is 0 Å². The van der Waals surface area contributed by atoms with E-state index in [0.717, 1.165) is 83.0 Å². The number of nitrogens with two attached hydrogens (primary N) is 2. The van der Waals surface area contributed by atoms with Crippen molar-refractivity contribution >= 4 is 22.7 Å². The largest absolute Gasteiger partial charge is 0.382 e. The van der Waals surface area contributed by atoms with Gasteiger partial charge in [-0.05, 0) is 73.2 Å². The zero-order valence-corrected chi connectivity index (χ0v) is 23.2. The lowest BCUT2D eigenvalue weighted by Crippen LogP contribution is -2.36. The third-order valence-electron chi connectivity index (χ3n) is 7.63. The van der Waals surface area contributed by atoms with Crippen molar-refractivity contribution in [1.29, 1.82) is 0 Å². The zero-order valence-electron chi connectivity index (χ0n) is 23.2. The minimum absolute atomic E-state index is 0.329. The smallest absolute Gasteiger partial charge is 0.160 e. The summed E-state index contributed by atoms with van der Waals surface area (Å²) >= 11 is 0. The fourth-order valence-electron chi connectivity index (χ4n) is 5.53. The summed E-state index contributed by atoms with van der Waals surface area (Å²) in [5.41, 5.74) is 18.0. The Morgan fingerprint density at radius 1 is 1.08 bits per heavy atom. The monoisotopic (exact) mass is 526 g/mol. The van der Waals surface area contributed by atoms with Crippen LogP contribution < -0.4 is 22.0 Å². The van der Waals surface area contributed by atoms with Crippen molar-refractivity contribution in [3.05, 3.63) is 76.7 Å². The van der Waals surface area contributed by atoms with Gasteiger partial charge in [-0.3, -0.25) is 0 Å². The third-order valence-corrected chi connectivity index (χ3v) is 7.63. The third kappa shape index (κ3) is 5.46. The second kappa shape index (κ2) is 11.4. The lowest BCUT2D eigenvalue weighted by atomic mass is 9.96. The number of nitrogens with one attached hydrogen (secondary N) is 1. The number of piperidine rings is 1. The Balaban J connectivity index is 1.48. The highest BCUT2D eigenvalue weighted by Crippen LogP contribution is 2.31. The Labute approximate surface area is 229 Å². The Morgan fingerprint density at radius 3 is 2.49 bits per heavy atom. The molecule has 1 aliphatic rings. The highest BCUT2D eigenvalue weighted by atomic mass is 16.5. The topological polar surface area (TPSA) is 120 Å². The molecule has 0 atom stereocenters. The van der Waals surface area contributed by atoms with Crippen molar-refractivity contribution in [3.8, 4) is 11.1 Å². The maximum Gasteiger partial charge on any atom is 0.160 e. The van der Waals surface area contributed by atoms with E-state index in [1.54, 1.807) is 7.11 Å². The fourth-order valence-corrected chi connectivity index (χ4v) is 5.53. The van der Waals surface area contributed by atoms with E-state index in [1.807, 2.05) is 13.0 Å². The molecule has 3 heterocycles. The van der Waals surface area contributed by atoms with Crippen LogP contribution in [-0.4, -0.2) is 46.7 Å². The first-order valence-corrected chi connectivity index (χ1v) is 13.5. The number of anilines is 1. The van der Waals surface area contributed by atoms with Crippen molar-refractivity contribution in [2.45, 2.75) is 52.7 Å². The zero-order chi connectivity index (χ0) is 27.5. The number of amidine groups is 1. The molecule has 0 amide bonds. The summed E-state index contributed by atoms with van der Waals surface area (Å²) < 4.78 is 7.79. The van der Waals surface area contributed by atoms with Gasteiger partial charge >= 0.3 is 0 Å². The van der Waals surface area contributed by atoms with Crippen molar-refractivity contribution in [2.75, 3.05) is 25.1 Å². The molecule has 1 aliphatic heterocycles. The number of hydrogen-bond donors (Lipinski definition) is 3. The Kier molecular flexibility index (Phi) is 7.81. The van der Waals surface area contributed by atoms with Crippen LogP contribution in [0, 0.1) is 13.8 Å². The van der Waals surface area contributed by atoms with Gasteiger partial charge in [-0.25, -0.2) is 21.3 Å². The molecule has 0 bridgehead atoms. The van der Waals surface area contributed by atoms with Gasteiger partial charge in [0.2, 0.25) is 0 Å². The van der Waals surface area contributed by atoms with E-state index in [4.69, 9.17) is 26.3 Å². The summed E-state index contributed by atoms with van der Waals surface area (Å²) in [4.78, 5) is 12.1.